The summed E-state index contributed by atoms with van der Waals surface area (Å²) in [4.78, 5) is 23.5. The maximum absolute atomic E-state index is 12.8. The van der Waals surface area contributed by atoms with E-state index in [0.29, 0.717) is 12.1 Å². The van der Waals surface area contributed by atoms with Gasteiger partial charge in [0.05, 0.1) is 11.7 Å². The van der Waals surface area contributed by atoms with Crippen LogP contribution in [0.4, 0.5) is 5.82 Å². The molecule has 0 spiro atoms. The molecule has 1 unspecified atom stereocenters. The molecular weight excluding hydrogens is 304 g/mol. The first-order chi connectivity index (χ1) is 11.6. The van der Waals surface area contributed by atoms with Gasteiger partial charge in [-0.25, -0.2) is 4.98 Å². The number of carbonyl (C=O) groups excluding carboxylic acids is 1. The van der Waals surface area contributed by atoms with E-state index in [4.69, 9.17) is 4.74 Å². The molecule has 0 bridgehead atoms. The van der Waals surface area contributed by atoms with Gasteiger partial charge in [0, 0.05) is 46.5 Å². The fourth-order valence-corrected chi connectivity index (χ4v) is 3.40. The van der Waals surface area contributed by atoms with Crippen molar-refractivity contribution in [2.24, 2.45) is 0 Å². The van der Waals surface area contributed by atoms with E-state index in [1.54, 1.807) is 6.20 Å². The highest BCUT2D eigenvalue weighted by Gasteiger charge is 2.26. The molecule has 2 aliphatic heterocycles. The molecule has 3 heterocycles. The van der Waals surface area contributed by atoms with Crippen molar-refractivity contribution in [3.8, 4) is 0 Å². The van der Waals surface area contributed by atoms with Crippen molar-refractivity contribution in [1.82, 2.24) is 14.8 Å². The average molecular weight is 332 g/mol. The van der Waals surface area contributed by atoms with Crippen LogP contribution < -0.4 is 4.90 Å². The second kappa shape index (κ2) is 7.94. The lowest BCUT2D eigenvalue weighted by molar-refractivity contribution is 0.0297. The second-order valence-electron chi connectivity index (χ2n) is 6.90. The first-order valence-electron chi connectivity index (χ1n) is 8.90. The van der Waals surface area contributed by atoms with Crippen molar-refractivity contribution in [2.75, 3.05) is 58.3 Å². The van der Waals surface area contributed by atoms with Gasteiger partial charge < -0.3 is 19.4 Å². The maximum Gasteiger partial charge on any atom is 0.255 e. The first kappa shape index (κ1) is 17.2. The van der Waals surface area contributed by atoms with Crippen molar-refractivity contribution >= 4 is 11.7 Å². The van der Waals surface area contributed by atoms with E-state index in [1.807, 2.05) is 36.0 Å². The minimum atomic E-state index is 0.0599. The number of likely N-dealkylation sites (tertiary alicyclic amines) is 1. The zero-order valence-corrected chi connectivity index (χ0v) is 14.8. The lowest BCUT2D eigenvalue weighted by Crippen LogP contribution is -2.41. The smallest absolute Gasteiger partial charge is 0.255 e. The van der Waals surface area contributed by atoms with Gasteiger partial charge in [0.2, 0.25) is 0 Å². The van der Waals surface area contributed by atoms with E-state index in [1.165, 1.54) is 12.8 Å². The number of ether oxygens (including phenoxy) is 1. The fraction of sp³-hybridized carbons (Fsp3) is 0.667. The molecule has 1 atom stereocenters. The third-order valence-electron chi connectivity index (χ3n) is 4.75. The number of nitrogens with zero attached hydrogens (tertiary/aromatic N) is 4. The topological polar surface area (TPSA) is 48.9 Å². The molecule has 24 heavy (non-hydrogen) atoms. The predicted molar refractivity (Wildman–Crippen MR) is 94.5 cm³/mol. The van der Waals surface area contributed by atoms with Gasteiger partial charge in [0.25, 0.3) is 5.91 Å². The molecule has 1 aromatic rings. The third kappa shape index (κ3) is 4.24. The quantitative estimate of drug-likeness (QED) is 0.836. The maximum atomic E-state index is 12.8. The Hall–Kier alpha value is -1.66. The molecular formula is C18H28N4O2. The highest BCUT2D eigenvalue weighted by molar-refractivity contribution is 5.94. The Kier molecular flexibility index (Phi) is 5.68. The molecule has 2 fully saturated rings. The zero-order chi connectivity index (χ0) is 16.9. The SMILES string of the molecule is CN(C)c1ccc(C(=O)N2CCCOC(CN3CCCC3)C2)cn1. The van der Waals surface area contributed by atoms with Crippen LogP contribution in [0, 0.1) is 0 Å². The molecule has 1 aromatic heterocycles. The molecule has 0 N–H and O–H groups in total. The van der Waals surface area contributed by atoms with Gasteiger partial charge in [-0.15, -0.1) is 0 Å². The minimum Gasteiger partial charge on any atom is -0.375 e. The number of rotatable bonds is 4. The molecule has 0 aromatic carbocycles. The standard InChI is InChI=1S/C18H28N4O2/c1-20(2)17-7-6-15(12-19-17)18(23)22-10-5-11-24-16(14-22)13-21-8-3-4-9-21/h6-7,12,16H,3-5,8-11,13-14H2,1-2H3. The summed E-state index contributed by atoms with van der Waals surface area (Å²) in [5, 5.41) is 0. The lowest BCUT2D eigenvalue weighted by Gasteiger charge is -2.27. The van der Waals surface area contributed by atoms with Crippen LogP contribution in [0.15, 0.2) is 18.3 Å². The van der Waals surface area contributed by atoms with Gasteiger partial charge in [-0.3, -0.25) is 4.79 Å². The number of anilines is 1. The summed E-state index contributed by atoms with van der Waals surface area (Å²) in [6.07, 6.45) is 5.24. The second-order valence-corrected chi connectivity index (χ2v) is 6.90. The average Bonchev–Trinajstić information content (AvgIpc) is 2.98. The Balaban J connectivity index is 1.63. The highest BCUT2D eigenvalue weighted by Crippen LogP contribution is 2.15. The number of carbonyl (C=O) groups is 1. The van der Waals surface area contributed by atoms with Gasteiger partial charge in [-0.1, -0.05) is 0 Å². The molecule has 0 radical (unpaired) electrons. The largest absolute Gasteiger partial charge is 0.375 e. The number of hydrogen-bond donors (Lipinski definition) is 0. The summed E-state index contributed by atoms with van der Waals surface area (Å²) < 4.78 is 5.97. The Morgan fingerprint density at radius 2 is 2.04 bits per heavy atom. The Morgan fingerprint density at radius 3 is 2.71 bits per heavy atom. The van der Waals surface area contributed by atoms with E-state index in [9.17, 15) is 4.79 Å². The summed E-state index contributed by atoms with van der Waals surface area (Å²) >= 11 is 0. The van der Waals surface area contributed by atoms with E-state index >= 15 is 0 Å². The Bertz CT molecular complexity index is 540. The fourth-order valence-electron chi connectivity index (χ4n) is 3.40. The minimum absolute atomic E-state index is 0.0599. The van der Waals surface area contributed by atoms with Gasteiger partial charge in [-0.2, -0.15) is 0 Å². The molecule has 3 rings (SSSR count). The number of aromatic nitrogens is 1. The van der Waals surface area contributed by atoms with Gasteiger partial charge in [0.15, 0.2) is 0 Å². The van der Waals surface area contributed by atoms with Gasteiger partial charge in [-0.05, 0) is 44.5 Å². The molecule has 0 saturated carbocycles. The van der Waals surface area contributed by atoms with Crippen molar-refractivity contribution in [3.05, 3.63) is 23.9 Å². The number of amides is 1. The Labute approximate surface area is 144 Å². The van der Waals surface area contributed by atoms with Crippen molar-refractivity contribution in [3.63, 3.8) is 0 Å². The van der Waals surface area contributed by atoms with Crippen molar-refractivity contribution in [2.45, 2.75) is 25.4 Å². The molecule has 1 amide bonds. The van der Waals surface area contributed by atoms with Crippen LogP contribution in [-0.4, -0.2) is 80.2 Å². The summed E-state index contributed by atoms with van der Waals surface area (Å²) in [5.74, 6) is 0.919. The van der Waals surface area contributed by atoms with Crippen LogP contribution in [0.3, 0.4) is 0 Å². The Morgan fingerprint density at radius 1 is 1.25 bits per heavy atom. The summed E-state index contributed by atoms with van der Waals surface area (Å²) in [5.41, 5.74) is 0.655. The normalized spacial score (nSPS) is 22.4. The van der Waals surface area contributed by atoms with Crippen LogP contribution >= 0.6 is 0 Å². The lowest BCUT2D eigenvalue weighted by atomic mass is 10.2. The molecule has 6 nitrogen and oxygen atoms in total. The van der Waals surface area contributed by atoms with Crippen LogP contribution in [0.2, 0.25) is 0 Å². The third-order valence-corrected chi connectivity index (χ3v) is 4.75. The van der Waals surface area contributed by atoms with Crippen LogP contribution in [0.25, 0.3) is 0 Å². The summed E-state index contributed by atoms with van der Waals surface area (Å²) in [6, 6.07) is 3.76. The monoisotopic (exact) mass is 332 g/mol. The first-order valence-corrected chi connectivity index (χ1v) is 8.90. The number of hydrogen-bond acceptors (Lipinski definition) is 5. The van der Waals surface area contributed by atoms with E-state index in [-0.39, 0.29) is 12.0 Å². The molecule has 2 aliphatic rings. The van der Waals surface area contributed by atoms with Crippen molar-refractivity contribution < 1.29 is 9.53 Å². The van der Waals surface area contributed by atoms with Crippen LogP contribution in [0.5, 0.6) is 0 Å². The predicted octanol–water partition coefficient (Wildman–Crippen LogP) is 1.47. The summed E-state index contributed by atoms with van der Waals surface area (Å²) in [6.45, 7) is 5.41. The summed E-state index contributed by atoms with van der Waals surface area (Å²) in [7, 11) is 3.89. The molecule has 132 valence electrons. The van der Waals surface area contributed by atoms with Crippen LogP contribution in [-0.2, 0) is 4.74 Å². The number of pyridine rings is 1. The van der Waals surface area contributed by atoms with Gasteiger partial charge in [0.1, 0.15) is 5.82 Å². The highest BCUT2D eigenvalue weighted by atomic mass is 16.5. The van der Waals surface area contributed by atoms with E-state index in [0.717, 1.165) is 45.0 Å². The van der Waals surface area contributed by atoms with E-state index < -0.39 is 0 Å². The van der Waals surface area contributed by atoms with Crippen LogP contribution in [0.1, 0.15) is 29.6 Å². The molecule has 2 saturated heterocycles. The van der Waals surface area contributed by atoms with Crippen molar-refractivity contribution in [1.29, 1.82) is 0 Å². The van der Waals surface area contributed by atoms with E-state index in [2.05, 4.69) is 9.88 Å². The molecule has 0 aliphatic carbocycles. The zero-order valence-electron chi connectivity index (χ0n) is 14.8. The molecule has 6 heteroatoms. The van der Waals surface area contributed by atoms with Gasteiger partial charge >= 0.3 is 0 Å².